The second kappa shape index (κ2) is 11.4. The minimum absolute atomic E-state index is 0.126. The third-order valence-corrected chi connectivity index (χ3v) is 7.32. The summed E-state index contributed by atoms with van der Waals surface area (Å²) in [4.78, 5) is 30.9. The van der Waals surface area contributed by atoms with Crippen molar-refractivity contribution < 1.29 is 23.8 Å². The van der Waals surface area contributed by atoms with Crippen molar-refractivity contribution in [2.45, 2.75) is 13.5 Å². The van der Waals surface area contributed by atoms with E-state index in [2.05, 4.69) is 36.9 Å². The number of nitrogens with zero attached hydrogens (tertiary/aromatic N) is 2. The molecular formula is C26H19Br2FN2O4S. The number of hydrogen-bond donors (Lipinski definition) is 1. The molecule has 0 aliphatic carbocycles. The van der Waals surface area contributed by atoms with E-state index in [1.165, 1.54) is 36.0 Å². The lowest BCUT2D eigenvalue weighted by atomic mass is 10.2. The van der Waals surface area contributed by atoms with Crippen molar-refractivity contribution in [3.8, 4) is 5.75 Å². The first-order chi connectivity index (χ1) is 17.2. The van der Waals surface area contributed by atoms with E-state index in [4.69, 9.17) is 4.74 Å². The van der Waals surface area contributed by atoms with Crippen LogP contribution in [0.5, 0.6) is 5.75 Å². The van der Waals surface area contributed by atoms with Crippen LogP contribution in [-0.4, -0.2) is 33.6 Å². The molecule has 0 saturated carbocycles. The molecule has 0 unspecified atom stereocenters. The first-order valence-corrected chi connectivity index (χ1v) is 13.1. The Morgan fingerprint density at radius 3 is 2.47 bits per heavy atom. The summed E-state index contributed by atoms with van der Waals surface area (Å²) < 4.78 is 20.4. The van der Waals surface area contributed by atoms with Crippen molar-refractivity contribution in [2.24, 2.45) is 4.99 Å². The molecule has 1 aliphatic rings. The molecule has 3 aromatic rings. The van der Waals surface area contributed by atoms with Crippen LogP contribution in [0.4, 0.5) is 10.1 Å². The van der Waals surface area contributed by atoms with E-state index in [1.807, 2.05) is 19.1 Å². The van der Waals surface area contributed by atoms with Gasteiger partial charge in [-0.15, -0.1) is 0 Å². The minimum Gasteiger partial charge on any atom is -0.487 e. The zero-order valence-electron chi connectivity index (χ0n) is 18.9. The molecule has 1 amide bonds. The molecule has 0 bridgehead atoms. The molecule has 10 heteroatoms. The maximum atomic E-state index is 13.1. The number of rotatable bonds is 7. The van der Waals surface area contributed by atoms with Gasteiger partial charge in [-0.3, -0.25) is 9.69 Å². The third-order valence-electron chi connectivity index (χ3n) is 5.14. The Morgan fingerprint density at radius 1 is 1.14 bits per heavy atom. The summed E-state index contributed by atoms with van der Waals surface area (Å²) in [5.41, 5.74) is 2.18. The number of carbonyl (C=O) groups excluding carboxylic acids is 1. The van der Waals surface area contributed by atoms with Gasteiger partial charge >= 0.3 is 5.97 Å². The number of hydrogen-bond acceptors (Lipinski definition) is 5. The predicted molar refractivity (Wildman–Crippen MR) is 146 cm³/mol. The summed E-state index contributed by atoms with van der Waals surface area (Å²) in [6.07, 6.45) is 1.77. The van der Waals surface area contributed by atoms with Gasteiger partial charge in [-0.2, -0.15) is 0 Å². The quantitative estimate of drug-likeness (QED) is 0.277. The van der Waals surface area contributed by atoms with Crippen LogP contribution in [0.2, 0.25) is 0 Å². The summed E-state index contributed by atoms with van der Waals surface area (Å²) in [7, 11) is 0. The minimum atomic E-state index is -1.04. The predicted octanol–water partition coefficient (Wildman–Crippen LogP) is 7.25. The summed E-state index contributed by atoms with van der Waals surface area (Å²) in [5, 5.41) is 9.71. The fraction of sp³-hybridized carbons (Fsp3) is 0.115. The molecule has 1 N–H and O–H groups in total. The van der Waals surface area contributed by atoms with Crippen LogP contribution in [0, 0.1) is 5.82 Å². The van der Waals surface area contributed by atoms with E-state index in [-0.39, 0.29) is 23.9 Å². The van der Waals surface area contributed by atoms with E-state index in [9.17, 15) is 19.1 Å². The SMILES string of the molecule is CCN1C(=O)/C(=C/c2cc(Br)c(OCc3ccc(F)cc3)c(Br)c2)SC1=Nc1cccc(C(=O)O)c1. The number of benzene rings is 3. The Balaban J connectivity index is 1.56. The molecule has 1 aliphatic heterocycles. The highest BCUT2D eigenvalue weighted by atomic mass is 79.9. The number of carboxylic acids is 1. The molecule has 0 spiro atoms. The zero-order chi connectivity index (χ0) is 25.8. The summed E-state index contributed by atoms with van der Waals surface area (Å²) in [6.45, 7) is 2.54. The molecular weight excluding hydrogens is 615 g/mol. The first kappa shape index (κ1) is 26.1. The molecule has 36 heavy (non-hydrogen) atoms. The van der Waals surface area contributed by atoms with Gasteiger partial charge < -0.3 is 9.84 Å². The van der Waals surface area contributed by atoms with Gasteiger partial charge in [0.25, 0.3) is 5.91 Å². The molecule has 1 saturated heterocycles. The summed E-state index contributed by atoms with van der Waals surface area (Å²) >= 11 is 8.29. The van der Waals surface area contributed by atoms with E-state index >= 15 is 0 Å². The molecule has 6 nitrogen and oxygen atoms in total. The molecule has 4 rings (SSSR count). The standard InChI is InChI=1S/C26H19Br2FN2O4S/c1-2-31-24(32)22(36-26(31)30-19-5-3-4-17(13-19)25(33)34)12-16-10-20(27)23(21(28)11-16)35-14-15-6-8-18(29)9-7-15/h3-13H,2,14H2,1H3,(H,33,34)/b22-12-,30-26?. The van der Waals surface area contributed by atoms with Crippen LogP contribution in [0.15, 0.2) is 79.5 Å². The topological polar surface area (TPSA) is 79.2 Å². The maximum absolute atomic E-state index is 13.1. The Bertz CT molecular complexity index is 1370. The van der Waals surface area contributed by atoms with E-state index < -0.39 is 5.97 Å². The lowest BCUT2D eigenvalue weighted by Crippen LogP contribution is -2.28. The van der Waals surface area contributed by atoms with Crippen molar-refractivity contribution in [1.29, 1.82) is 0 Å². The van der Waals surface area contributed by atoms with Crippen molar-refractivity contribution in [3.05, 3.63) is 97.0 Å². The first-order valence-electron chi connectivity index (χ1n) is 10.7. The maximum Gasteiger partial charge on any atom is 0.335 e. The highest BCUT2D eigenvalue weighted by Crippen LogP contribution is 2.38. The number of thioether (sulfide) groups is 1. The highest BCUT2D eigenvalue weighted by molar-refractivity contribution is 9.11. The van der Waals surface area contributed by atoms with Gasteiger partial charge in [0.1, 0.15) is 18.2 Å². The Labute approximate surface area is 228 Å². The number of aromatic carboxylic acids is 1. The van der Waals surface area contributed by atoms with Crippen molar-refractivity contribution in [1.82, 2.24) is 4.90 Å². The number of carboxylic acid groups (broad SMARTS) is 1. The van der Waals surface area contributed by atoms with Crippen molar-refractivity contribution in [3.63, 3.8) is 0 Å². The molecule has 1 fully saturated rings. The van der Waals surface area contributed by atoms with Crippen LogP contribution >= 0.6 is 43.6 Å². The van der Waals surface area contributed by atoms with Crippen LogP contribution in [0.25, 0.3) is 6.08 Å². The largest absolute Gasteiger partial charge is 0.487 e. The number of amides is 1. The second-order valence-corrected chi connectivity index (χ2v) is 10.4. The summed E-state index contributed by atoms with van der Waals surface area (Å²) in [6, 6.07) is 16.0. The number of halogens is 3. The lowest BCUT2D eigenvalue weighted by Gasteiger charge is -2.12. The molecule has 1 heterocycles. The normalized spacial score (nSPS) is 15.7. The van der Waals surface area contributed by atoms with Gasteiger partial charge in [-0.05, 0) is 110 Å². The number of likely N-dealkylation sites (N-methyl/N-ethyl adjacent to an activating group) is 1. The van der Waals surface area contributed by atoms with E-state index in [0.717, 1.165) is 11.1 Å². The van der Waals surface area contributed by atoms with Gasteiger partial charge in [0.2, 0.25) is 0 Å². The molecule has 0 aromatic heterocycles. The van der Waals surface area contributed by atoms with Crippen LogP contribution in [0.3, 0.4) is 0 Å². The van der Waals surface area contributed by atoms with Crippen molar-refractivity contribution >= 4 is 72.4 Å². The molecule has 0 atom stereocenters. The average Bonchev–Trinajstić information content (AvgIpc) is 3.13. The van der Waals surface area contributed by atoms with Gasteiger partial charge in [-0.25, -0.2) is 14.2 Å². The van der Waals surface area contributed by atoms with Crippen LogP contribution < -0.4 is 4.74 Å². The van der Waals surface area contributed by atoms with E-state index in [0.29, 0.717) is 37.0 Å². The van der Waals surface area contributed by atoms with Gasteiger partial charge in [0.15, 0.2) is 5.17 Å². The van der Waals surface area contributed by atoms with Gasteiger partial charge in [0, 0.05) is 6.54 Å². The van der Waals surface area contributed by atoms with Gasteiger partial charge in [-0.1, -0.05) is 18.2 Å². The number of ether oxygens (including phenoxy) is 1. The Hall–Kier alpha value is -2.95. The highest BCUT2D eigenvalue weighted by Gasteiger charge is 2.32. The number of amidine groups is 1. The molecule has 0 radical (unpaired) electrons. The Kier molecular flexibility index (Phi) is 8.28. The molecule has 184 valence electrons. The second-order valence-electron chi connectivity index (χ2n) is 7.64. The average molecular weight is 634 g/mol. The van der Waals surface area contributed by atoms with E-state index in [1.54, 1.807) is 35.2 Å². The van der Waals surface area contributed by atoms with Crippen LogP contribution in [-0.2, 0) is 11.4 Å². The Morgan fingerprint density at radius 2 is 1.83 bits per heavy atom. The van der Waals surface area contributed by atoms with Gasteiger partial charge in [0.05, 0.1) is 25.1 Å². The summed E-state index contributed by atoms with van der Waals surface area (Å²) in [5.74, 6) is -0.940. The lowest BCUT2D eigenvalue weighted by molar-refractivity contribution is -0.122. The smallest absolute Gasteiger partial charge is 0.335 e. The fourth-order valence-corrected chi connectivity index (χ4v) is 5.89. The van der Waals surface area contributed by atoms with Crippen molar-refractivity contribution in [2.75, 3.05) is 6.54 Å². The fourth-order valence-electron chi connectivity index (χ4n) is 3.38. The third kappa shape index (κ3) is 6.05. The zero-order valence-corrected chi connectivity index (χ0v) is 22.9. The molecule has 3 aromatic carbocycles. The van der Waals surface area contributed by atoms with Crippen LogP contribution in [0.1, 0.15) is 28.4 Å². The number of aliphatic imine (C=N–C) groups is 1. The number of carbonyl (C=O) groups is 2. The monoisotopic (exact) mass is 632 g/mol.